The molecule has 2 aromatic carbocycles. The highest BCUT2D eigenvalue weighted by Crippen LogP contribution is 2.38. The number of nitrogens with zero attached hydrogens (tertiary/aromatic N) is 1. The van der Waals surface area contributed by atoms with Crippen LogP contribution in [0.5, 0.6) is 0 Å². The van der Waals surface area contributed by atoms with Crippen molar-refractivity contribution in [1.29, 1.82) is 0 Å². The van der Waals surface area contributed by atoms with Gasteiger partial charge >= 0.3 is 5.97 Å². The van der Waals surface area contributed by atoms with Gasteiger partial charge in [-0.2, -0.15) is 0 Å². The monoisotopic (exact) mass is 373 g/mol. The van der Waals surface area contributed by atoms with E-state index in [0.717, 1.165) is 16.7 Å². The summed E-state index contributed by atoms with van der Waals surface area (Å²) >= 11 is 6.17. The van der Waals surface area contributed by atoms with Gasteiger partial charge in [0.2, 0.25) is 0 Å². The lowest BCUT2D eigenvalue weighted by Crippen LogP contribution is -2.37. The first-order chi connectivity index (χ1) is 12.0. The standard InChI is InChI=1S/C18H12FNO3S2/c19-13-9-5-4-8-12(13)10-14-16(21)20(18(24)25-14)15(17(22)23)11-6-2-1-3-7-11/h1-10,15H,(H,22,23)/t15-/m1/s1. The fraction of sp³-hybridized carbons (Fsp3) is 0.0556. The lowest BCUT2D eigenvalue weighted by atomic mass is 10.1. The number of hydrogen-bond donors (Lipinski definition) is 1. The molecule has 0 spiro atoms. The minimum atomic E-state index is -1.22. The zero-order valence-electron chi connectivity index (χ0n) is 12.8. The minimum absolute atomic E-state index is 0.129. The summed E-state index contributed by atoms with van der Waals surface area (Å²) in [5.74, 6) is -2.20. The molecule has 2 aromatic rings. The number of carbonyl (C=O) groups is 2. The van der Waals surface area contributed by atoms with E-state index in [0.29, 0.717) is 5.56 Å². The van der Waals surface area contributed by atoms with E-state index in [4.69, 9.17) is 12.2 Å². The third kappa shape index (κ3) is 3.47. The zero-order chi connectivity index (χ0) is 18.0. The molecule has 25 heavy (non-hydrogen) atoms. The summed E-state index contributed by atoms with van der Waals surface area (Å²) in [5, 5.41) is 9.60. The highest BCUT2D eigenvalue weighted by Gasteiger charge is 2.41. The molecule has 1 heterocycles. The third-order valence-electron chi connectivity index (χ3n) is 3.62. The average Bonchev–Trinajstić information content (AvgIpc) is 2.86. The maximum Gasteiger partial charge on any atom is 0.331 e. The van der Waals surface area contributed by atoms with Crippen LogP contribution in [0.1, 0.15) is 17.2 Å². The zero-order valence-corrected chi connectivity index (χ0v) is 14.4. The molecular weight excluding hydrogens is 361 g/mol. The van der Waals surface area contributed by atoms with Crippen LogP contribution >= 0.6 is 24.0 Å². The van der Waals surface area contributed by atoms with E-state index in [1.165, 1.54) is 18.2 Å². The number of thioether (sulfide) groups is 1. The molecule has 0 unspecified atom stereocenters. The van der Waals surface area contributed by atoms with Crippen LogP contribution in [-0.4, -0.2) is 26.2 Å². The van der Waals surface area contributed by atoms with Gasteiger partial charge in [0.1, 0.15) is 10.1 Å². The number of rotatable bonds is 4. The largest absolute Gasteiger partial charge is 0.479 e. The van der Waals surface area contributed by atoms with Crippen LogP contribution in [0.3, 0.4) is 0 Å². The van der Waals surface area contributed by atoms with Gasteiger partial charge in [0.25, 0.3) is 5.91 Å². The molecule has 0 saturated carbocycles. The molecule has 1 atom stereocenters. The topological polar surface area (TPSA) is 57.6 Å². The van der Waals surface area contributed by atoms with Crippen molar-refractivity contribution >= 4 is 46.3 Å². The number of carboxylic acids is 1. The normalized spacial score (nSPS) is 17.2. The second-order valence-corrected chi connectivity index (χ2v) is 6.90. The molecule has 1 N–H and O–H groups in total. The van der Waals surface area contributed by atoms with E-state index in [2.05, 4.69) is 0 Å². The number of aliphatic carboxylic acids is 1. The van der Waals surface area contributed by atoms with Gasteiger partial charge in [-0.25, -0.2) is 9.18 Å². The number of thiocarbonyl (C=S) groups is 1. The van der Waals surface area contributed by atoms with Crippen LogP contribution in [0.2, 0.25) is 0 Å². The maximum atomic E-state index is 13.8. The second kappa shape index (κ2) is 7.16. The van der Waals surface area contributed by atoms with Crippen molar-refractivity contribution in [2.75, 3.05) is 0 Å². The molecule has 0 radical (unpaired) electrons. The number of benzene rings is 2. The first-order valence-electron chi connectivity index (χ1n) is 7.28. The van der Waals surface area contributed by atoms with Gasteiger partial charge in [0.15, 0.2) is 6.04 Å². The Labute approximate surface area is 153 Å². The van der Waals surface area contributed by atoms with Crippen LogP contribution in [0.25, 0.3) is 6.08 Å². The third-order valence-corrected chi connectivity index (χ3v) is 4.95. The van der Waals surface area contributed by atoms with Crippen LogP contribution in [0, 0.1) is 5.82 Å². The predicted molar refractivity (Wildman–Crippen MR) is 98.2 cm³/mol. The van der Waals surface area contributed by atoms with Crippen molar-refractivity contribution in [2.24, 2.45) is 0 Å². The van der Waals surface area contributed by atoms with E-state index in [1.54, 1.807) is 42.5 Å². The van der Waals surface area contributed by atoms with Gasteiger partial charge < -0.3 is 5.11 Å². The van der Waals surface area contributed by atoms with Crippen LogP contribution < -0.4 is 0 Å². The Balaban J connectivity index is 1.98. The molecule has 3 rings (SSSR count). The highest BCUT2D eigenvalue weighted by molar-refractivity contribution is 8.26. The number of carbonyl (C=O) groups excluding carboxylic acids is 1. The fourth-order valence-electron chi connectivity index (χ4n) is 2.47. The number of amides is 1. The Kier molecular flexibility index (Phi) is 4.96. The summed E-state index contributed by atoms with van der Waals surface area (Å²) in [6, 6.07) is 13.2. The van der Waals surface area contributed by atoms with Gasteiger partial charge in [-0.1, -0.05) is 72.5 Å². The summed E-state index contributed by atoms with van der Waals surface area (Å²) in [7, 11) is 0. The van der Waals surface area contributed by atoms with Gasteiger partial charge in [0.05, 0.1) is 4.91 Å². The van der Waals surface area contributed by atoms with Crippen LogP contribution in [0.4, 0.5) is 4.39 Å². The Bertz CT molecular complexity index is 883. The van der Waals surface area contributed by atoms with Crippen LogP contribution in [-0.2, 0) is 9.59 Å². The van der Waals surface area contributed by atoms with Gasteiger partial charge in [-0.05, 0) is 17.7 Å². The molecular formula is C18H12FNO3S2. The summed E-state index contributed by atoms with van der Waals surface area (Å²) in [5.41, 5.74) is 0.688. The van der Waals surface area contributed by atoms with Crippen LogP contribution in [0.15, 0.2) is 59.5 Å². The SMILES string of the molecule is O=C(O)[C@@H](c1ccccc1)N1C(=O)C(=Cc2ccccc2F)SC1=S. The van der Waals surface area contributed by atoms with E-state index >= 15 is 0 Å². The molecule has 0 aromatic heterocycles. The smallest absolute Gasteiger partial charge is 0.331 e. The van der Waals surface area contributed by atoms with Gasteiger partial charge in [-0.3, -0.25) is 9.69 Å². The second-order valence-electron chi connectivity index (χ2n) is 5.22. The van der Waals surface area contributed by atoms with Crippen molar-refractivity contribution in [1.82, 2.24) is 4.90 Å². The van der Waals surface area contributed by atoms with E-state index in [9.17, 15) is 19.1 Å². The fourth-order valence-corrected chi connectivity index (χ4v) is 3.78. The Hall–Kier alpha value is -2.51. The van der Waals surface area contributed by atoms with Gasteiger partial charge in [-0.15, -0.1) is 0 Å². The molecule has 1 saturated heterocycles. The molecule has 0 aliphatic carbocycles. The Morgan fingerprint density at radius 2 is 1.80 bits per heavy atom. The quantitative estimate of drug-likeness (QED) is 0.652. The number of halogens is 1. The highest BCUT2D eigenvalue weighted by atomic mass is 32.2. The molecule has 7 heteroatoms. The summed E-state index contributed by atoms with van der Waals surface area (Å²) in [6.45, 7) is 0. The summed E-state index contributed by atoms with van der Waals surface area (Å²) in [4.78, 5) is 25.7. The van der Waals surface area contributed by atoms with Crippen molar-refractivity contribution < 1.29 is 19.1 Å². The van der Waals surface area contributed by atoms with Crippen molar-refractivity contribution in [3.8, 4) is 0 Å². The predicted octanol–water partition coefficient (Wildman–Crippen LogP) is 3.85. The molecule has 1 aliphatic rings. The summed E-state index contributed by atoms with van der Waals surface area (Å²) < 4.78 is 13.9. The molecule has 0 bridgehead atoms. The molecule has 126 valence electrons. The summed E-state index contributed by atoms with van der Waals surface area (Å²) in [6.07, 6.45) is 1.39. The number of hydrogen-bond acceptors (Lipinski definition) is 4. The molecule has 1 amide bonds. The van der Waals surface area contributed by atoms with Crippen molar-refractivity contribution in [3.05, 3.63) is 76.4 Å². The maximum absolute atomic E-state index is 13.8. The minimum Gasteiger partial charge on any atom is -0.479 e. The van der Waals surface area contributed by atoms with E-state index in [1.807, 2.05) is 0 Å². The average molecular weight is 373 g/mol. The van der Waals surface area contributed by atoms with E-state index < -0.39 is 23.7 Å². The molecule has 1 aliphatic heterocycles. The lowest BCUT2D eigenvalue weighted by Gasteiger charge is -2.23. The lowest BCUT2D eigenvalue weighted by molar-refractivity contribution is -0.145. The van der Waals surface area contributed by atoms with Crippen molar-refractivity contribution in [2.45, 2.75) is 6.04 Å². The first-order valence-corrected chi connectivity index (χ1v) is 8.51. The number of carboxylic acid groups (broad SMARTS) is 1. The Morgan fingerprint density at radius 1 is 1.16 bits per heavy atom. The first kappa shape index (κ1) is 17.3. The van der Waals surface area contributed by atoms with Gasteiger partial charge in [0, 0.05) is 5.56 Å². The molecule has 4 nitrogen and oxygen atoms in total. The molecule has 1 fully saturated rings. The Morgan fingerprint density at radius 3 is 2.44 bits per heavy atom. The van der Waals surface area contributed by atoms with Crippen molar-refractivity contribution in [3.63, 3.8) is 0 Å². The van der Waals surface area contributed by atoms with E-state index in [-0.39, 0.29) is 14.8 Å².